The van der Waals surface area contributed by atoms with Crippen molar-refractivity contribution in [1.29, 1.82) is 0 Å². The summed E-state index contributed by atoms with van der Waals surface area (Å²) >= 11 is 0. The van der Waals surface area contributed by atoms with E-state index in [4.69, 9.17) is 5.73 Å². The van der Waals surface area contributed by atoms with Gasteiger partial charge in [0, 0.05) is 13.1 Å². The number of likely N-dealkylation sites (N-methyl/N-ethyl adjacent to an activating group) is 1. The average Bonchev–Trinajstić information content (AvgIpc) is 2.97. The van der Waals surface area contributed by atoms with Crippen LogP contribution in [0.25, 0.3) is 0 Å². The average molecular weight is 198 g/mol. The summed E-state index contributed by atoms with van der Waals surface area (Å²) in [7, 11) is 0. The van der Waals surface area contributed by atoms with E-state index in [1.165, 1.54) is 12.8 Å². The molecular weight excluding hydrogens is 176 g/mol. The van der Waals surface area contributed by atoms with Gasteiger partial charge in [0.2, 0.25) is 5.91 Å². The third-order valence-electron chi connectivity index (χ3n) is 2.79. The number of carbonyl (C=O) groups is 1. The molecule has 0 aromatic carbocycles. The summed E-state index contributed by atoms with van der Waals surface area (Å²) in [6, 6.07) is -0.279. The van der Waals surface area contributed by atoms with Gasteiger partial charge in [-0.1, -0.05) is 13.3 Å². The number of nitrogens with zero attached hydrogens (tertiary/aromatic N) is 1. The van der Waals surface area contributed by atoms with Crippen LogP contribution in [0.2, 0.25) is 0 Å². The Bertz CT molecular complexity index is 190. The highest BCUT2D eigenvalue weighted by atomic mass is 16.2. The molecule has 14 heavy (non-hydrogen) atoms. The number of nitrogens with two attached hydrogens (primary N) is 1. The molecule has 0 radical (unpaired) electrons. The monoisotopic (exact) mass is 198 g/mol. The van der Waals surface area contributed by atoms with Gasteiger partial charge in [-0.05, 0) is 32.1 Å². The summed E-state index contributed by atoms with van der Waals surface area (Å²) < 4.78 is 0. The predicted octanol–water partition coefficient (Wildman–Crippen LogP) is 1.37. The molecule has 0 unspecified atom stereocenters. The Morgan fingerprint density at radius 1 is 1.50 bits per heavy atom. The summed E-state index contributed by atoms with van der Waals surface area (Å²) in [5.74, 6) is 0.897. The molecule has 0 aliphatic heterocycles. The second-order valence-corrected chi connectivity index (χ2v) is 4.22. The normalized spacial score (nSPS) is 17.9. The van der Waals surface area contributed by atoms with Crippen molar-refractivity contribution in [3.05, 3.63) is 0 Å². The molecule has 2 N–H and O–H groups in total. The van der Waals surface area contributed by atoms with Gasteiger partial charge in [-0.2, -0.15) is 0 Å². The Labute approximate surface area is 86.6 Å². The van der Waals surface area contributed by atoms with Crippen LogP contribution in [0, 0.1) is 5.92 Å². The van der Waals surface area contributed by atoms with Crippen LogP contribution in [0.3, 0.4) is 0 Å². The van der Waals surface area contributed by atoms with Gasteiger partial charge in [0.1, 0.15) is 0 Å². The first-order valence-corrected chi connectivity index (χ1v) is 5.73. The maximum Gasteiger partial charge on any atom is 0.239 e. The zero-order valence-electron chi connectivity index (χ0n) is 9.33. The second-order valence-electron chi connectivity index (χ2n) is 4.22. The lowest BCUT2D eigenvalue weighted by Crippen LogP contribution is -2.44. The van der Waals surface area contributed by atoms with Gasteiger partial charge in [-0.3, -0.25) is 4.79 Å². The van der Waals surface area contributed by atoms with E-state index in [9.17, 15) is 4.79 Å². The van der Waals surface area contributed by atoms with Gasteiger partial charge in [-0.15, -0.1) is 0 Å². The van der Waals surface area contributed by atoms with E-state index in [1.54, 1.807) is 0 Å². The summed E-state index contributed by atoms with van der Waals surface area (Å²) in [5, 5.41) is 0. The van der Waals surface area contributed by atoms with Crippen molar-refractivity contribution in [2.24, 2.45) is 11.7 Å². The van der Waals surface area contributed by atoms with E-state index in [2.05, 4.69) is 6.92 Å². The number of hydrogen-bond donors (Lipinski definition) is 1. The van der Waals surface area contributed by atoms with Gasteiger partial charge in [-0.25, -0.2) is 0 Å². The highest BCUT2D eigenvalue weighted by Crippen LogP contribution is 2.29. The highest BCUT2D eigenvalue weighted by molar-refractivity contribution is 5.81. The van der Waals surface area contributed by atoms with Gasteiger partial charge in [0.05, 0.1) is 6.04 Å². The van der Waals surface area contributed by atoms with Crippen LogP contribution in [0.5, 0.6) is 0 Å². The molecule has 0 bridgehead atoms. The molecule has 1 aliphatic rings. The van der Waals surface area contributed by atoms with Crippen molar-refractivity contribution in [2.45, 2.75) is 45.6 Å². The lowest BCUT2D eigenvalue weighted by molar-refractivity contribution is -0.132. The fraction of sp³-hybridized carbons (Fsp3) is 0.909. The first-order chi connectivity index (χ1) is 6.69. The molecule has 1 rings (SSSR count). The lowest BCUT2D eigenvalue weighted by atomic mass is 10.1. The van der Waals surface area contributed by atoms with E-state index >= 15 is 0 Å². The van der Waals surface area contributed by atoms with Crippen molar-refractivity contribution in [3.8, 4) is 0 Å². The van der Waals surface area contributed by atoms with Gasteiger partial charge in [0.25, 0.3) is 0 Å². The highest BCUT2D eigenvalue weighted by Gasteiger charge is 2.27. The Morgan fingerprint density at radius 2 is 2.14 bits per heavy atom. The number of hydrogen-bond acceptors (Lipinski definition) is 2. The fourth-order valence-electron chi connectivity index (χ4n) is 1.66. The van der Waals surface area contributed by atoms with Gasteiger partial charge >= 0.3 is 0 Å². The number of rotatable bonds is 6. The number of amides is 1. The molecule has 0 spiro atoms. The predicted molar refractivity (Wildman–Crippen MR) is 57.9 cm³/mol. The Morgan fingerprint density at radius 3 is 2.57 bits per heavy atom. The van der Waals surface area contributed by atoms with Crippen molar-refractivity contribution < 1.29 is 4.79 Å². The van der Waals surface area contributed by atoms with E-state index in [-0.39, 0.29) is 11.9 Å². The molecule has 1 saturated carbocycles. The standard InChI is InChI=1S/C11H22N2O/c1-3-5-10(12)11(14)13(4-2)8-9-6-7-9/h9-10H,3-8,12H2,1-2H3/t10-/m0/s1. The minimum Gasteiger partial charge on any atom is -0.341 e. The molecule has 1 amide bonds. The van der Waals surface area contributed by atoms with Crippen molar-refractivity contribution in [1.82, 2.24) is 4.90 Å². The van der Waals surface area contributed by atoms with Crippen LogP contribution >= 0.6 is 0 Å². The van der Waals surface area contributed by atoms with Gasteiger partial charge < -0.3 is 10.6 Å². The molecule has 1 aliphatic carbocycles. The van der Waals surface area contributed by atoms with Crippen LogP contribution < -0.4 is 5.73 Å². The van der Waals surface area contributed by atoms with E-state index in [0.717, 1.165) is 31.8 Å². The first-order valence-electron chi connectivity index (χ1n) is 5.73. The molecule has 1 fully saturated rings. The SMILES string of the molecule is CCC[C@H](N)C(=O)N(CC)CC1CC1. The summed E-state index contributed by atoms with van der Waals surface area (Å²) in [6.45, 7) is 5.81. The Kier molecular flexibility index (Phi) is 4.39. The Balaban J connectivity index is 2.36. The van der Waals surface area contributed by atoms with Crippen LogP contribution in [0.1, 0.15) is 39.5 Å². The lowest BCUT2D eigenvalue weighted by Gasteiger charge is -2.24. The van der Waals surface area contributed by atoms with Crippen molar-refractivity contribution in [2.75, 3.05) is 13.1 Å². The zero-order chi connectivity index (χ0) is 10.6. The third-order valence-corrected chi connectivity index (χ3v) is 2.79. The van der Waals surface area contributed by atoms with E-state index in [0.29, 0.717) is 0 Å². The minimum absolute atomic E-state index is 0.140. The van der Waals surface area contributed by atoms with Gasteiger partial charge in [0.15, 0.2) is 0 Å². The smallest absolute Gasteiger partial charge is 0.239 e. The topological polar surface area (TPSA) is 46.3 Å². The maximum absolute atomic E-state index is 11.8. The fourth-order valence-corrected chi connectivity index (χ4v) is 1.66. The molecule has 0 aromatic rings. The van der Waals surface area contributed by atoms with Crippen LogP contribution in [0.15, 0.2) is 0 Å². The minimum atomic E-state index is -0.279. The summed E-state index contributed by atoms with van der Waals surface area (Å²) in [6.07, 6.45) is 4.35. The molecule has 3 heteroatoms. The zero-order valence-corrected chi connectivity index (χ0v) is 9.33. The third kappa shape index (κ3) is 3.29. The second kappa shape index (κ2) is 5.35. The van der Waals surface area contributed by atoms with E-state index < -0.39 is 0 Å². The molecule has 0 saturated heterocycles. The molecule has 3 nitrogen and oxygen atoms in total. The van der Waals surface area contributed by atoms with Crippen molar-refractivity contribution >= 4 is 5.91 Å². The van der Waals surface area contributed by atoms with Crippen LogP contribution in [0.4, 0.5) is 0 Å². The van der Waals surface area contributed by atoms with Crippen LogP contribution in [-0.4, -0.2) is 29.9 Å². The Hall–Kier alpha value is -0.570. The maximum atomic E-state index is 11.8. The quantitative estimate of drug-likeness (QED) is 0.700. The summed E-state index contributed by atoms with van der Waals surface area (Å²) in [5.41, 5.74) is 5.81. The van der Waals surface area contributed by atoms with Crippen molar-refractivity contribution in [3.63, 3.8) is 0 Å². The van der Waals surface area contributed by atoms with E-state index in [1.807, 2.05) is 11.8 Å². The largest absolute Gasteiger partial charge is 0.341 e. The first kappa shape index (κ1) is 11.5. The molecule has 82 valence electrons. The molecule has 0 heterocycles. The van der Waals surface area contributed by atoms with Crippen LogP contribution in [-0.2, 0) is 4.79 Å². The molecule has 1 atom stereocenters. The number of carbonyl (C=O) groups excluding carboxylic acids is 1. The molecular formula is C11H22N2O. The summed E-state index contributed by atoms with van der Waals surface area (Å²) in [4.78, 5) is 13.7. The molecule has 0 aromatic heterocycles.